The maximum Gasteiger partial charge on any atom is 0.309 e. The molecule has 40 heavy (non-hydrogen) atoms. The van der Waals surface area contributed by atoms with E-state index in [1.165, 1.54) is 19.4 Å². The fourth-order valence-electron chi connectivity index (χ4n) is 4.89. The van der Waals surface area contributed by atoms with Gasteiger partial charge in [0.25, 0.3) is 5.91 Å². The monoisotopic (exact) mass is 543 g/mol. The molecule has 2 N–H and O–H groups in total. The number of carboxylic acid groups (broad SMARTS) is 1. The number of methoxy groups -OCH3 is 1. The van der Waals surface area contributed by atoms with Crippen molar-refractivity contribution < 1.29 is 28.2 Å². The second-order valence-corrected chi connectivity index (χ2v) is 9.68. The lowest BCUT2D eigenvalue weighted by Crippen LogP contribution is -2.49. The zero-order valence-electron chi connectivity index (χ0n) is 21.9. The molecule has 9 heteroatoms. The van der Waals surface area contributed by atoms with Crippen molar-refractivity contribution >= 4 is 17.6 Å². The molecule has 0 aliphatic carbocycles. The highest BCUT2D eigenvalue weighted by Crippen LogP contribution is 2.37. The van der Waals surface area contributed by atoms with Gasteiger partial charge in [0.2, 0.25) is 0 Å². The van der Waals surface area contributed by atoms with Crippen molar-refractivity contribution in [3.05, 3.63) is 101 Å². The van der Waals surface area contributed by atoms with Crippen LogP contribution in [0.1, 0.15) is 21.6 Å². The van der Waals surface area contributed by atoms with Crippen molar-refractivity contribution in [1.82, 2.24) is 9.88 Å². The van der Waals surface area contributed by atoms with Gasteiger partial charge in [0, 0.05) is 48.2 Å². The molecule has 1 aromatic heterocycles. The quantitative estimate of drug-likeness (QED) is 0.293. The summed E-state index contributed by atoms with van der Waals surface area (Å²) in [5, 5.41) is 11.9. The minimum atomic E-state index is -0.870. The number of nitrogens with zero attached hydrogens (tertiary/aromatic N) is 2. The number of likely N-dealkylation sites (tertiary alicyclic amines) is 1. The van der Waals surface area contributed by atoms with Gasteiger partial charge in [-0.1, -0.05) is 36.4 Å². The maximum absolute atomic E-state index is 16.0. The number of hydrogen-bond donors (Lipinski definition) is 2. The van der Waals surface area contributed by atoms with Crippen LogP contribution in [0.2, 0.25) is 0 Å². The summed E-state index contributed by atoms with van der Waals surface area (Å²) >= 11 is 0. The van der Waals surface area contributed by atoms with Crippen LogP contribution in [0.25, 0.3) is 22.3 Å². The van der Waals surface area contributed by atoms with E-state index in [9.17, 15) is 9.59 Å². The standard InChI is InChI=1S/C31H27F2N3O4/c1-18-21(7-6-11-26(18)35-30(37)27-10-3-4-12-34-27)23-9-5-8-22(29(23)33)19-13-25(32)24(28(14-19)40-2)17-36-15-20(16-36)31(38)39/h3-14,20H,15-17H2,1-2H3,(H,35,37)(H,38,39). The van der Waals surface area contributed by atoms with E-state index in [1.807, 2.05) is 4.90 Å². The van der Waals surface area contributed by atoms with E-state index in [4.69, 9.17) is 9.84 Å². The number of pyridine rings is 1. The van der Waals surface area contributed by atoms with Crippen molar-refractivity contribution in [1.29, 1.82) is 0 Å². The first kappa shape index (κ1) is 27.0. The summed E-state index contributed by atoms with van der Waals surface area (Å²) in [5.74, 6) is -2.56. The van der Waals surface area contributed by atoms with Gasteiger partial charge >= 0.3 is 5.97 Å². The summed E-state index contributed by atoms with van der Waals surface area (Å²) in [6.07, 6.45) is 1.53. The Morgan fingerprint density at radius 1 is 1.02 bits per heavy atom. The first-order valence-electron chi connectivity index (χ1n) is 12.7. The minimum Gasteiger partial charge on any atom is -0.496 e. The number of aliphatic carboxylic acids is 1. The van der Waals surface area contributed by atoms with E-state index in [0.717, 1.165) is 0 Å². The van der Waals surface area contributed by atoms with E-state index < -0.39 is 23.5 Å². The highest BCUT2D eigenvalue weighted by Gasteiger charge is 2.33. The molecule has 204 valence electrons. The molecule has 0 saturated carbocycles. The third-order valence-electron chi connectivity index (χ3n) is 7.14. The van der Waals surface area contributed by atoms with Crippen LogP contribution in [-0.2, 0) is 11.3 Å². The zero-order valence-corrected chi connectivity index (χ0v) is 21.9. The van der Waals surface area contributed by atoms with Gasteiger partial charge in [0.1, 0.15) is 23.1 Å². The molecule has 0 bridgehead atoms. The van der Waals surface area contributed by atoms with Crippen molar-refractivity contribution in [2.24, 2.45) is 5.92 Å². The molecular weight excluding hydrogens is 516 g/mol. The van der Waals surface area contributed by atoms with Gasteiger partial charge in [0.05, 0.1) is 13.0 Å². The molecular formula is C31H27F2N3O4. The average Bonchev–Trinajstić information content (AvgIpc) is 2.92. The number of halogens is 2. The number of carboxylic acids is 1. The first-order valence-corrected chi connectivity index (χ1v) is 12.7. The summed E-state index contributed by atoms with van der Waals surface area (Å²) in [7, 11) is 1.42. The number of ether oxygens (including phenoxy) is 1. The number of rotatable bonds is 8. The van der Waals surface area contributed by atoms with Crippen molar-refractivity contribution in [2.75, 3.05) is 25.5 Å². The van der Waals surface area contributed by atoms with Gasteiger partial charge in [-0.2, -0.15) is 0 Å². The number of amides is 1. The number of anilines is 1. The number of aromatic nitrogens is 1. The fourth-order valence-corrected chi connectivity index (χ4v) is 4.89. The van der Waals surface area contributed by atoms with Crippen LogP contribution in [0, 0.1) is 24.5 Å². The minimum absolute atomic E-state index is 0.192. The van der Waals surface area contributed by atoms with Crippen molar-refractivity contribution in [3.63, 3.8) is 0 Å². The predicted octanol–water partition coefficient (Wildman–Crippen LogP) is 5.78. The molecule has 5 rings (SSSR count). The van der Waals surface area contributed by atoms with E-state index in [-0.39, 0.29) is 29.5 Å². The number of carbonyl (C=O) groups excluding carboxylic acids is 1. The van der Waals surface area contributed by atoms with Gasteiger partial charge in [-0.3, -0.25) is 19.5 Å². The Hall–Kier alpha value is -4.63. The highest BCUT2D eigenvalue weighted by molar-refractivity contribution is 6.03. The lowest BCUT2D eigenvalue weighted by molar-refractivity contribution is -0.147. The molecule has 2 heterocycles. The topological polar surface area (TPSA) is 91.8 Å². The molecule has 1 amide bonds. The number of nitrogens with one attached hydrogen (secondary N) is 1. The number of hydrogen-bond acceptors (Lipinski definition) is 5. The van der Waals surface area contributed by atoms with Crippen LogP contribution in [0.15, 0.2) is 72.9 Å². The molecule has 7 nitrogen and oxygen atoms in total. The van der Waals surface area contributed by atoms with Crippen LogP contribution in [0.5, 0.6) is 5.75 Å². The zero-order chi connectivity index (χ0) is 28.4. The fraction of sp³-hybridized carbons (Fsp3) is 0.194. The van der Waals surface area contributed by atoms with Gasteiger partial charge in [-0.15, -0.1) is 0 Å². The molecule has 1 saturated heterocycles. The molecule has 0 atom stereocenters. The summed E-state index contributed by atoms with van der Waals surface area (Å²) in [4.78, 5) is 29.6. The highest BCUT2D eigenvalue weighted by atomic mass is 19.1. The number of carbonyl (C=O) groups is 2. The normalized spacial score (nSPS) is 13.5. The molecule has 0 unspecified atom stereocenters. The Kier molecular flexibility index (Phi) is 7.57. The van der Waals surface area contributed by atoms with Crippen LogP contribution in [0.4, 0.5) is 14.5 Å². The Bertz CT molecular complexity index is 1590. The predicted molar refractivity (Wildman–Crippen MR) is 147 cm³/mol. The van der Waals surface area contributed by atoms with Crippen molar-refractivity contribution in [2.45, 2.75) is 13.5 Å². The third kappa shape index (κ3) is 5.28. The maximum atomic E-state index is 16.0. The molecule has 4 aromatic rings. The Morgan fingerprint density at radius 2 is 1.75 bits per heavy atom. The van der Waals surface area contributed by atoms with E-state index >= 15 is 8.78 Å². The molecule has 1 fully saturated rings. The van der Waals surface area contributed by atoms with Crippen LogP contribution in [0.3, 0.4) is 0 Å². The second kappa shape index (κ2) is 11.2. The molecule has 3 aromatic carbocycles. The molecule has 1 aliphatic rings. The average molecular weight is 544 g/mol. The lowest BCUT2D eigenvalue weighted by Gasteiger charge is -2.36. The van der Waals surface area contributed by atoms with Crippen LogP contribution in [-0.4, -0.2) is 47.1 Å². The Balaban J connectivity index is 1.45. The van der Waals surface area contributed by atoms with Gasteiger partial charge in [-0.05, 0) is 53.9 Å². The summed E-state index contributed by atoms with van der Waals surface area (Å²) in [5.41, 5.74) is 3.11. The van der Waals surface area contributed by atoms with Gasteiger partial charge < -0.3 is 15.2 Å². The number of benzene rings is 3. The van der Waals surface area contributed by atoms with Crippen LogP contribution < -0.4 is 10.1 Å². The van der Waals surface area contributed by atoms with Crippen molar-refractivity contribution in [3.8, 4) is 28.0 Å². The van der Waals surface area contributed by atoms with Gasteiger partial charge in [0.15, 0.2) is 0 Å². The SMILES string of the molecule is COc1cc(-c2cccc(-c3cccc(NC(=O)c4ccccn4)c3C)c2F)cc(F)c1CN1CC(C(=O)O)C1. The first-order chi connectivity index (χ1) is 19.3. The Labute approximate surface area is 230 Å². The van der Waals surface area contributed by atoms with Gasteiger partial charge in [-0.25, -0.2) is 8.78 Å². The van der Waals surface area contributed by atoms with Crippen LogP contribution >= 0.6 is 0 Å². The lowest BCUT2D eigenvalue weighted by atomic mass is 9.93. The molecule has 0 spiro atoms. The summed E-state index contributed by atoms with van der Waals surface area (Å²) in [6.45, 7) is 2.64. The molecule has 1 aliphatic heterocycles. The van der Waals surface area contributed by atoms with E-state index in [1.54, 1.807) is 67.6 Å². The van der Waals surface area contributed by atoms with E-state index in [2.05, 4.69) is 10.3 Å². The summed E-state index contributed by atoms with van der Waals surface area (Å²) < 4.78 is 36.8. The molecule has 0 radical (unpaired) electrons. The second-order valence-electron chi connectivity index (χ2n) is 9.68. The largest absolute Gasteiger partial charge is 0.496 e. The smallest absolute Gasteiger partial charge is 0.309 e. The summed E-state index contributed by atoms with van der Waals surface area (Å²) in [6, 6.07) is 18.0. The Morgan fingerprint density at radius 3 is 2.45 bits per heavy atom. The third-order valence-corrected chi connectivity index (χ3v) is 7.14. The van der Waals surface area contributed by atoms with E-state index in [0.29, 0.717) is 46.6 Å².